The number of carboxylic acids is 1. The number of rotatable bonds is 3. The standard InChI is InChI=1S/C12H12O3/c1-4-9-6-5-7-10(12(13)14)11(9)15-8(2)3/h1,5-8H,2-3H3,(H,13,14). The van der Waals surface area contributed by atoms with Gasteiger partial charge in [-0.3, -0.25) is 0 Å². The maximum Gasteiger partial charge on any atom is 0.339 e. The van der Waals surface area contributed by atoms with Gasteiger partial charge in [0.1, 0.15) is 11.3 Å². The predicted octanol–water partition coefficient (Wildman–Crippen LogP) is 2.15. The zero-order valence-electron chi connectivity index (χ0n) is 8.65. The molecule has 1 N–H and O–H groups in total. The molecule has 0 saturated carbocycles. The number of hydrogen-bond donors (Lipinski definition) is 1. The summed E-state index contributed by atoms with van der Waals surface area (Å²) in [5.74, 6) is 1.63. The molecule has 3 nitrogen and oxygen atoms in total. The van der Waals surface area contributed by atoms with Crippen LogP contribution in [0.2, 0.25) is 0 Å². The number of carboxylic acid groups (broad SMARTS) is 1. The van der Waals surface area contributed by atoms with Gasteiger partial charge in [0.15, 0.2) is 0 Å². The van der Waals surface area contributed by atoms with Gasteiger partial charge in [0.2, 0.25) is 0 Å². The Labute approximate surface area is 88.7 Å². The van der Waals surface area contributed by atoms with E-state index in [1.165, 1.54) is 6.07 Å². The number of benzene rings is 1. The minimum Gasteiger partial charge on any atom is -0.489 e. The third-order valence-electron chi connectivity index (χ3n) is 1.75. The molecule has 0 unspecified atom stereocenters. The summed E-state index contributed by atoms with van der Waals surface area (Å²) in [7, 11) is 0. The van der Waals surface area contributed by atoms with E-state index in [-0.39, 0.29) is 17.4 Å². The Bertz CT molecular complexity index is 413. The average molecular weight is 204 g/mol. The normalized spacial score (nSPS) is 9.73. The minimum absolute atomic E-state index is 0.0964. The molecule has 0 aliphatic rings. The highest BCUT2D eigenvalue weighted by molar-refractivity contribution is 5.91. The molecule has 0 bridgehead atoms. The highest BCUT2D eigenvalue weighted by Crippen LogP contribution is 2.24. The molecule has 3 heteroatoms. The van der Waals surface area contributed by atoms with Crippen LogP contribution in [-0.2, 0) is 0 Å². The van der Waals surface area contributed by atoms with Crippen molar-refractivity contribution in [2.24, 2.45) is 0 Å². The van der Waals surface area contributed by atoms with Gasteiger partial charge in [-0.1, -0.05) is 12.0 Å². The fourth-order valence-corrected chi connectivity index (χ4v) is 1.18. The van der Waals surface area contributed by atoms with Crippen LogP contribution in [-0.4, -0.2) is 17.2 Å². The Hall–Kier alpha value is -1.95. The number of terminal acetylenes is 1. The van der Waals surface area contributed by atoms with Gasteiger partial charge in [-0.05, 0) is 26.0 Å². The van der Waals surface area contributed by atoms with Gasteiger partial charge >= 0.3 is 5.97 Å². The van der Waals surface area contributed by atoms with E-state index in [0.29, 0.717) is 5.56 Å². The van der Waals surface area contributed by atoms with Crippen LogP contribution < -0.4 is 4.74 Å². The van der Waals surface area contributed by atoms with Crippen molar-refractivity contribution in [2.45, 2.75) is 20.0 Å². The second-order valence-corrected chi connectivity index (χ2v) is 3.30. The zero-order valence-corrected chi connectivity index (χ0v) is 8.65. The monoisotopic (exact) mass is 204 g/mol. The van der Waals surface area contributed by atoms with E-state index in [9.17, 15) is 4.79 Å². The summed E-state index contributed by atoms with van der Waals surface area (Å²) in [6, 6.07) is 4.73. The van der Waals surface area contributed by atoms with Gasteiger partial charge in [0, 0.05) is 0 Å². The fraction of sp³-hybridized carbons (Fsp3) is 0.250. The average Bonchev–Trinajstić information content (AvgIpc) is 2.16. The van der Waals surface area contributed by atoms with Gasteiger partial charge < -0.3 is 9.84 Å². The molecular formula is C12H12O3. The van der Waals surface area contributed by atoms with E-state index in [1.54, 1.807) is 12.1 Å². The van der Waals surface area contributed by atoms with Gasteiger partial charge in [-0.15, -0.1) is 6.42 Å². The largest absolute Gasteiger partial charge is 0.489 e. The molecular weight excluding hydrogens is 192 g/mol. The summed E-state index contributed by atoms with van der Waals surface area (Å²) < 4.78 is 5.41. The van der Waals surface area contributed by atoms with Crippen LogP contribution in [0.15, 0.2) is 18.2 Å². The van der Waals surface area contributed by atoms with Crippen LogP contribution in [0, 0.1) is 12.3 Å². The first-order valence-corrected chi connectivity index (χ1v) is 4.55. The molecule has 0 atom stereocenters. The second kappa shape index (κ2) is 4.52. The van der Waals surface area contributed by atoms with Crippen LogP contribution in [0.3, 0.4) is 0 Å². The summed E-state index contributed by atoms with van der Waals surface area (Å²) in [5, 5.41) is 8.95. The van der Waals surface area contributed by atoms with Gasteiger partial charge in [-0.2, -0.15) is 0 Å². The molecule has 0 saturated heterocycles. The van der Waals surface area contributed by atoms with E-state index in [2.05, 4.69) is 5.92 Å². The van der Waals surface area contributed by atoms with E-state index in [0.717, 1.165) is 0 Å². The van der Waals surface area contributed by atoms with Crippen molar-refractivity contribution < 1.29 is 14.6 Å². The van der Waals surface area contributed by atoms with Crippen molar-refractivity contribution in [3.8, 4) is 18.1 Å². The van der Waals surface area contributed by atoms with Gasteiger partial charge in [-0.25, -0.2) is 4.79 Å². The van der Waals surface area contributed by atoms with Crippen molar-refractivity contribution in [2.75, 3.05) is 0 Å². The van der Waals surface area contributed by atoms with E-state index in [4.69, 9.17) is 16.3 Å². The third kappa shape index (κ3) is 2.50. The van der Waals surface area contributed by atoms with E-state index in [1.807, 2.05) is 13.8 Å². The summed E-state index contributed by atoms with van der Waals surface area (Å²) >= 11 is 0. The number of ether oxygens (including phenoxy) is 1. The first kappa shape index (κ1) is 11.1. The Morgan fingerprint density at radius 3 is 2.67 bits per heavy atom. The highest BCUT2D eigenvalue weighted by Gasteiger charge is 2.15. The van der Waals surface area contributed by atoms with Crippen molar-refractivity contribution in [3.63, 3.8) is 0 Å². The zero-order chi connectivity index (χ0) is 11.4. The Kier molecular flexibility index (Phi) is 3.35. The van der Waals surface area contributed by atoms with E-state index < -0.39 is 5.97 Å². The van der Waals surface area contributed by atoms with Crippen molar-refractivity contribution in [1.82, 2.24) is 0 Å². The fourth-order valence-electron chi connectivity index (χ4n) is 1.18. The van der Waals surface area contributed by atoms with E-state index >= 15 is 0 Å². The molecule has 1 rings (SSSR count). The van der Waals surface area contributed by atoms with Crippen LogP contribution >= 0.6 is 0 Å². The molecule has 0 spiro atoms. The number of aromatic carboxylic acids is 1. The van der Waals surface area contributed by atoms with Gasteiger partial charge in [0.25, 0.3) is 0 Å². The van der Waals surface area contributed by atoms with Crippen LogP contribution in [0.25, 0.3) is 0 Å². The first-order valence-electron chi connectivity index (χ1n) is 4.55. The molecule has 0 radical (unpaired) electrons. The molecule has 0 aromatic heterocycles. The summed E-state index contributed by atoms with van der Waals surface area (Å²) in [4.78, 5) is 10.9. The summed E-state index contributed by atoms with van der Waals surface area (Å²) in [6.45, 7) is 3.64. The molecule has 0 fully saturated rings. The molecule has 0 aliphatic heterocycles. The number of para-hydroxylation sites is 1. The lowest BCUT2D eigenvalue weighted by atomic mass is 10.1. The topological polar surface area (TPSA) is 46.5 Å². The molecule has 0 heterocycles. The highest BCUT2D eigenvalue weighted by atomic mass is 16.5. The van der Waals surface area contributed by atoms with Crippen molar-refractivity contribution in [3.05, 3.63) is 29.3 Å². The first-order chi connectivity index (χ1) is 7.06. The molecule has 15 heavy (non-hydrogen) atoms. The quantitative estimate of drug-likeness (QED) is 0.767. The lowest BCUT2D eigenvalue weighted by Gasteiger charge is -2.13. The van der Waals surface area contributed by atoms with Crippen LogP contribution in [0.5, 0.6) is 5.75 Å². The molecule has 0 amide bonds. The molecule has 1 aromatic carbocycles. The third-order valence-corrected chi connectivity index (χ3v) is 1.75. The minimum atomic E-state index is -1.04. The lowest BCUT2D eigenvalue weighted by Crippen LogP contribution is -2.11. The Balaban J connectivity index is 3.28. The second-order valence-electron chi connectivity index (χ2n) is 3.30. The molecule has 0 aliphatic carbocycles. The maximum absolute atomic E-state index is 10.9. The Morgan fingerprint density at radius 2 is 2.20 bits per heavy atom. The lowest BCUT2D eigenvalue weighted by molar-refractivity contribution is 0.0690. The molecule has 78 valence electrons. The number of hydrogen-bond acceptors (Lipinski definition) is 2. The Morgan fingerprint density at radius 1 is 1.53 bits per heavy atom. The summed E-state index contributed by atoms with van der Waals surface area (Å²) in [6.07, 6.45) is 5.16. The van der Waals surface area contributed by atoms with Crippen molar-refractivity contribution >= 4 is 5.97 Å². The number of carbonyl (C=O) groups is 1. The summed E-state index contributed by atoms with van der Waals surface area (Å²) in [5.41, 5.74) is 0.558. The van der Waals surface area contributed by atoms with Gasteiger partial charge in [0.05, 0.1) is 11.7 Å². The smallest absolute Gasteiger partial charge is 0.339 e. The predicted molar refractivity (Wildman–Crippen MR) is 57.1 cm³/mol. The SMILES string of the molecule is C#Cc1cccc(C(=O)O)c1OC(C)C. The van der Waals surface area contributed by atoms with Crippen molar-refractivity contribution in [1.29, 1.82) is 0 Å². The van der Waals surface area contributed by atoms with Crippen LogP contribution in [0.4, 0.5) is 0 Å². The molecule has 1 aromatic rings. The van der Waals surface area contributed by atoms with Crippen LogP contribution in [0.1, 0.15) is 29.8 Å². The maximum atomic E-state index is 10.9.